The van der Waals surface area contributed by atoms with Crippen molar-refractivity contribution in [2.24, 2.45) is 23.7 Å². The summed E-state index contributed by atoms with van der Waals surface area (Å²) in [4.78, 5) is 0. The highest BCUT2D eigenvalue weighted by atomic mass is 19.2. The van der Waals surface area contributed by atoms with Gasteiger partial charge in [-0.3, -0.25) is 0 Å². The summed E-state index contributed by atoms with van der Waals surface area (Å²) in [5.41, 5.74) is 0. The van der Waals surface area contributed by atoms with Crippen LogP contribution in [0.5, 0.6) is 0 Å². The van der Waals surface area contributed by atoms with Gasteiger partial charge >= 0.3 is 0 Å². The van der Waals surface area contributed by atoms with Crippen molar-refractivity contribution in [3.05, 3.63) is 36.3 Å². The molecule has 0 aromatic rings. The van der Waals surface area contributed by atoms with Gasteiger partial charge in [-0.25, -0.2) is 0 Å². The van der Waals surface area contributed by atoms with Crippen LogP contribution < -0.4 is 0 Å². The third kappa shape index (κ3) is 5.85. The number of rotatable bonds is 8. The van der Waals surface area contributed by atoms with Gasteiger partial charge in [-0.1, -0.05) is 32.9 Å². The van der Waals surface area contributed by atoms with E-state index < -0.39 is 11.7 Å². The smallest absolute Gasteiger partial charge is 0.203 e. The van der Waals surface area contributed by atoms with E-state index in [0.717, 1.165) is 30.6 Å². The van der Waals surface area contributed by atoms with E-state index in [2.05, 4.69) is 20.1 Å². The fraction of sp³-hybridized carbons (Fsp3) is 0.727. The molecule has 0 bridgehead atoms. The molecule has 0 radical (unpaired) electrons. The van der Waals surface area contributed by atoms with E-state index in [4.69, 9.17) is 9.47 Å². The average Bonchev–Trinajstić information content (AvgIpc) is 2.66. The van der Waals surface area contributed by atoms with Gasteiger partial charge in [0, 0.05) is 0 Å². The largest absolute Gasteiger partial charge is 0.491 e. The molecule has 2 rings (SSSR count). The Morgan fingerprint density at radius 3 is 1.77 bits per heavy atom. The summed E-state index contributed by atoms with van der Waals surface area (Å²) < 4.78 is 38.1. The lowest BCUT2D eigenvalue weighted by Gasteiger charge is -2.37. The molecule has 148 valence electrons. The van der Waals surface area contributed by atoms with Crippen LogP contribution in [-0.4, -0.2) is 13.2 Å². The zero-order chi connectivity index (χ0) is 19.1. The Hall–Kier alpha value is -1.32. The number of ether oxygens (including phenoxy) is 2. The van der Waals surface area contributed by atoms with Gasteiger partial charge in [0.15, 0.2) is 11.5 Å². The topological polar surface area (TPSA) is 18.5 Å². The second kappa shape index (κ2) is 10.1. The molecule has 0 aromatic carbocycles. The zero-order valence-electron chi connectivity index (χ0n) is 16.4. The summed E-state index contributed by atoms with van der Waals surface area (Å²) in [5.74, 6) is 0.178. The molecule has 0 amide bonds. The van der Waals surface area contributed by atoms with Crippen molar-refractivity contribution in [2.45, 2.75) is 65.2 Å². The van der Waals surface area contributed by atoms with Crippen molar-refractivity contribution in [3.8, 4) is 0 Å². The molecular formula is C22H34F2O2. The first-order valence-corrected chi connectivity index (χ1v) is 10.1. The van der Waals surface area contributed by atoms with E-state index in [1.54, 1.807) is 6.92 Å². The Kier molecular flexibility index (Phi) is 8.17. The predicted octanol–water partition coefficient (Wildman–Crippen LogP) is 6.85. The molecule has 2 saturated carbocycles. The van der Waals surface area contributed by atoms with E-state index in [-0.39, 0.29) is 18.1 Å². The van der Waals surface area contributed by atoms with Gasteiger partial charge < -0.3 is 9.47 Å². The molecule has 0 aliphatic heterocycles. The number of halogens is 2. The molecule has 0 atom stereocenters. The predicted molar refractivity (Wildman–Crippen MR) is 102 cm³/mol. The SMILES string of the molecule is C=C(OCC)/C(F)=C(/F)C(=C)OCC1CCC(C2CCC(C)CC2)CC1. The van der Waals surface area contributed by atoms with Gasteiger partial charge in [0.25, 0.3) is 0 Å². The molecule has 0 aromatic heterocycles. The fourth-order valence-electron chi connectivity index (χ4n) is 4.35. The van der Waals surface area contributed by atoms with Gasteiger partial charge in [0.1, 0.15) is 0 Å². The highest BCUT2D eigenvalue weighted by Crippen LogP contribution is 2.41. The fourth-order valence-corrected chi connectivity index (χ4v) is 4.35. The van der Waals surface area contributed by atoms with Crippen LogP contribution in [0.15, 0.2) is 36.3 Å². The Labute approximate surface area is 157 Å². The van der Waals surface area contributed by atoms with E-state index in [0.29, 0.717) is 12.5 Å². The zero-order valence-corrected chi connectivity index (χ0v) is 16.4. The molecule has 26 heavy (non-hydrogen) atoms. The molecule has 0 unspecified atom stereocenters. The molecule has 0 saturated heterocycles. The minimum atomic E-state index is -1.13. The van der Waals surface area contributed by atoms with Crippen molar-refractivity contribution < 1.29 is 18.3 Å². The van der Waals surface area contributed by atoms with Crippen LogP contribution in [0.25, 0.3) is 0 Å². The van der Waals surface area contributed by atoms with Crippen LogP contribution in [-0.2, 0) is 9.47 Å². The highest BCUT2D eigenvalue weighted by molar-refractivity contribution is 5.29. The molecule has 0 heterocycles. The maximum Gasteiger partial charge on any atom is 0.203 e. The second-order valence-corrected chi connectivity index (χ2v) is 8.02. The van der Waals surface area contributed by atoms with Crippen LogP contribution in [0.1, 0.15) is 65.2 Å². The van der Waals surface area contributed by atoms with Gasteiger partial charge in [-0.2, -0.15) is 8.78 Å². The lowest BCUT2D eigenvalue weighted by atomic mass is 9.69. The summed E-state index contributed by atoms with van der Waals surface area (Å²) in [6, 6.07) is 0. The highest BCUT2D eigenvalue weighted by Gasteiger charge is 2.30. The van der Waals surface area contributed by atoms with Gasteiger partial charge in [-0.15, -0.1) is 0 Å². The van der Waals surface area contributed by atoms with E-state index in [1.165, 1.54) is 38.5 Å². The number of hydrogen-bond donors (Lipinski definition) is 0. The Bertz CT molecular complexity index is 510. The van der Waals surface area contributed by atoms with E-state index >= 15 is 0 Å². The van der Waals surface area contributed by atoms with Crippen molar-refractivity contribution in [1.29, 1.82) is 0 Å². The van der Waals surface area contributed by atoms with E-state index in [1.807, 2.05) is 0 Å². The van der Waals surface area contributed by atoms with E-state index in [9.17, 15) is 8.78 Å². The Morgan fingerprint density at radius 2 is 1.27 bits per heavy atom. The van der Waals surface area contributed by atoms with Crippen molar-refractivity contribution in [2.75, 3.05) is 13.2 Å². The third-order valence-corrected chi connectivity index (χ3v) is 6.11. The Balaban J connectivity index is 1.73. The Morgan fingerprint density at radius 1 is 0.808 bits per heavy atom. The quantitative estimate of drug-likeness (QED) is 0.344. The maximum absolute atomic E-state index is 14.0. The molecule has 2 nitrogen and oxygen atoms in total. The van der Waals surface area contributed by atoms with Crippen LogP contribution >= 0.6 is 0 Å². The van der Waals surface area contributed by atoms with Crippen molar-refractivity contribution in [3.63, 3.8) is 0 Å². The average molecular weight is 369 g/mol. The second-order valence-electron chi connectivity index (χ2n) is 8.02. The monoisotopic (exact) mass is 368 g/mol. The number of allylic oxidation sites excluding steroid dienone is 2. The first-order valence-electron chi connectivity index (χ1n) is 10.1. The van der Waals surface area contributed by atoms with Gasteiger partial charge in [0.05, 0.1) is 13.2 Å². The first kappa shape index (κ1) is 21.0. The molecule has 0 N–H and O–H groups in total. The third-order valence-electron chi connectivity index (χ3n) is 6.11. The summed E-state index contributed by atoms with van der Waals surface area (Å²) in [6.07, 6.45) is 10.2. The van der Waals surface area contributed by atoms with Crippen LogP contribution in [0.3, 0.4) is 0 Å². The van der Waals surface area contributed by atoms with Crippen LogP contribution in [0, 0.1) is 23.7 Å². The summed E-state index contributed by atoms with van der Waals surface area (Å²) in [5, 5.41) is 0. The van der Waals surface area contributed by atoms with Gasteiger partial charge in [-0.05, 0) is 69.1 Å². The van der Waals surface area contributed by atoms with Gasteiger partial charge in [0.2, 0.25) is 11.7 Å². The molecule has 2 aliphatic rings. The molecule has 4 heteroatoms. The summed E-state index contributed by atoms with van der Waals surface area (Å²) in [7, 11) is 0. The molecule has 2 fully saturated rings. The molecule has 2 aliphatic carbocycles. The molecule has 0 spiro atoms. The van der Waals surface area contributed by atoms with Crippen LogP contribution in [0.4, 0.5) is 8.78 Å². The summed E-state index contributed by atoms with van der Waals surface area (Å²) >= 11 is 0. The van der Waals surface area contributed by atoms with Crippen LogP contribution in [0.2, 0.25) is 0 Å². The minimum Gasteiger partial charge on any atom is -0.491 e. The number of hydrogen-bond acceptors (Lipinski definition) is 2. The maximum atomic E-state index is 14.0. The first-order chi connectivity index (χ1) is 12.4. The minimum absolute atomic E-state index is 0.232. The molecular weight excluding hydrogens is 334 g/mol. The lowest BCUT2D eigenvalue weighted by molar-refractivity contribution is 0.0997. The lowest BCUT2D eigenvalue weighted by Crippen LogP contribution is -2.26. The normalized spacial score (nSPS) is 30.3. The van der Waals surface area contributed by atoms with Crippen molar-refractivity contribution >= 4 is 0 Å². The van der Waals surface area contributed by atoms with Crippen molar-refractivity contribution in [1.82, 2.24) is 0 Å². The summed E-state index contributed by atoms with van der Waals surface area (Å²) in [6.45, 7) is 11.5. The standard InChI is InChI=1S/C22H34F2O2/c1-5-25-16(3)21(23)22(24)17(4)26-14-18-8-12-20(13-9-18)19-10-6-15(2)7-11-19/h15,18-20H,3-14H2,1-2H3/b22-21-.